The standard InChI is InChI=1S/C17H22F3N3O3/c1-10-7-23(8-11(2)26-10)22-15(24)13-5-14(12-3-4-12)16(21-6-13)25-9-17(18,19)20/h5-6,10-12H,3-4,7-9H2,1-2H3,(H,22,24). The Balaban J connectivity index is 1.69. The molecule has 2 heterocycles. The van der Waals surface area contributed by atoms with Crippen molar-refractivity contribution in [3.63, 3.8) is 0 Å². The van der Waals surface area contributed by atoms with E-state index in [1.165, 1.54) is 6.20 Å². The van der Waals surface area contributed by atoms with Crippen molar-refractivity contribution in [2.45, 2.75) is 51.0 Å². The SMILES string of the molecule is CC1CN(NC(=O)c2cnc(OCC(F)(F)F)c(C3CC3)c2)CC(C)O1. The molecule has 2 fully saturated rings. The number of nitrogens with zero attached hydrogens (tertiary/aromatic N) is 2. The lowest BCUT2D eigenvalue weighted by molar-refractivity contribution is -0.154. The minimum atomic E-state index is -4.43. The lowest BCUT2D eigenvalue weighted by Gasteiger charge is -2.35. The van der Waals surface area contributed by atoms with E-state index >= 15 is 0 Å². The normalized spacial score (nSPS) is 24.3. The van der Waals surface area contributed by atoms with Gasteiger partial charge in [0.25, 0.3) is 5.91 Å². The number of pyridine rings is 1. The lowest BCUT2D eigenvalue weighted by atomic mass is 10.1. The van der Waals surface area contributed by atoms with Crippen molar-refractivity contribution in [2.75, 3.05) is 19.7 Å². The van der Waals surface area contributed by atoms with Crippen LogP contribution in [0.5, 0.6) is 5.88 Å². The average molecular weight is 373 g/mol. The van der Waals surface area contributed by atoms with Gasteiger partial charge in [-0.2, -0.15) is 13.2 Å². The van der Waals surface area contributed by atoms with Crippen molar-refractivity contribution in [1.29, 1.82) is 0 Å². The molecule has 9 heteroatoms. The quantitative estimate of drug-likeness (QED) is 0.860. The van der Waals surface area contributed by atoms with Crippen LogP contribution in [0.15, 0.2) is 12.3 Å². The molecular formula is C17H22F3N3O3. The summed E-state index contributed by atoms with van der Waals surface area (Å²) >= 11 is 0. The third-order valence-electron chi connectivity index (χ3n) is 4.21. The largest absolute Gasteiger partial charge is 0.468 e. The van der Waals surface area contributed by atoms with Crippen molar-refractivity contribution < 1.29 is 27.4 Å². The first-order chi connectivity index (χ1) is 12.2. The predicted octanol–water partition coefficient (Wildman–Crippen LogP) is 2.65. The molecule has 6 nitrogen and oxygen atoms in total. The summed E-state index contributed by atoms with van der Waals surface area (Å²) in [6, 6.07) is 1.58. The molecule has 0 aromatic carbocycles. The van der Waals surface area contributed by atoms with Crippen LogP contribution in [0.3, 0.4) is 0 Å². The van der Waals surface area contributed by atoms with E-state index in [0.717, 1.165) is 12.8 Å². The Hall–Kier alpha value is -1.87. The van der Waals surface area contributed by atoms with Gasteiger partial charge >= 0.3 is 6.18 Å². The number of morpholine rings is 1. The number of carbonyl (C=O) groups is 1. The number of hydrogen-bond acceptors (Lipinski definition) is 5. The summed E-state index contributed by atoms with van der Waals surface area (Å²) in [6.07, 6.45) is -1.47. The highest BCUT2D eigenvalue weighted by Crippen LogP contribution is 2.44. The molecule has 1 saturated carbocycles. The second-order valence-electron chi connectivity index (χ2n) is 6.90. The van der Waals surface area contributed by atoms with Gasteiger partial charge in [-0.05, 0) is 38.7 Å². The Bertz CT molecular complexity index is 654. The molecule has 1 aromatic heterocycles. The number of aromatic nitrogens is 1. The zero-order chi connectivity index (χ0) is 18.9. The van der Waals surface area contributed by atoms with Gasteiger partial charge in [-0.15, -0.1) is 0 Å². The first kappa shape index (κ1) is 18.9. The van der Waals surface area contributed by atoms with Crippen LogP contribution in [0, 0.1) is 0 Å². The van der Waals surface area contributed by atoms with E-state index in [4.69, 9.17) is 9.47 Å². The monoisotopic (exact) mass is 373 g/mol. The molecule has 1 aliphatic heterocycles. The molecule has 1 saturated heterocycles. The minimum absolute atomic E-state index is 0.00246. The van der Waals surface area contributed by atoms with Crippen LogP contribution in [0.2, 0.25) is 0 Å². The van der Waals surface area contributed by atoms with E-state index in [0.29, 0.717) is 24.2 Å². The number of carbonyl (C=O) groups excluding carboxylic acids is 1. The minimum Gasteiger partial charge on any atom is -0.468 e. The molecule has 0 spiro atoms. The molecule has 3 rings (SSSR count). The van der Waals surface area contributed by atoms with E-state index in [-0.39, 0.29) is 29.9 Å². The number of rotatable bonds is 5. The van der Waals surface area contributed by atoms with E-state index < -0.39 is 12.8 Å². The maximum absolute atomic E-state index is 12.5. The number of halogens is 3. The predicted molar refractivity (Wildman–Crippen MR) is 86.8 cm³/mol. The second-order valence-corrected chi connectivity index (χ2v) is 6.90. The fourth-order valence-electron chi connectivity index (χ4n) is 3.03. The number of ether oxygens (including phenoxy) is 2. The van der Waals surface area contributed by atoms with Gasteiger partial charge in [0.15, 0.2) is 6.61 Å². The van der Waals surface area contributed by atoms with E-state index in [9.17, 15) is 18.0 Å². The first-order valence-electron chi connectivity index (χ1n) is 8.62. The Morgan fingerprint density at radius 1 is 1.35 bits per heavy atom. The molecule has 2 atom stereocenters. The smallest absolute Gasteiger partial charge is 0.422 e. The van der Waals surface area contributed by atoms with Gasteiger partial charge in [-0.25, -0.2) is 9.99 Å². The highest BCUT2D eigenvalue weighted by atomic mass is 19.4. The highest BCUT2D eigenvalue weighted by Gasteiger charge is 2.33. The van der Waals surface area contributed by atoms with Crippen molar-refractivity contribution in [3.8, 4) is 5.88 Å². The van der Waals surface area contributed by atoms with Crippen molar-refractivity contribution in [3.05, 3.63) is 23.4 Å². The molecule has 0 bridgehead atoms. The molecule has 1 aromatic rings. The zero-order valence-corrected chi connectivity index (χ0v) is 14.7. The molecule has 0 radical (unpaired) electrons. The van der Waals surface area contributed by atoms with Crippen molar-refractivity contribution in [1.82, 2.24) is 15.4 Å². The van der Waals surface area contributed by atoms with Gasteiger partial charge < -0.3 is 9.47 Å². The van der Waals surface area contributed by atoms with Gasteiger partial charge in [0.05, 0.1) is 17.8 Å². The van der Waals surface area contributed by atoms with E-state index in [1.54, 1.807) is 11.1 Å². The van der Waals surface area contributed by atoms with Crippen LogP contribution >= 0.6 is 0 Å². The molecular weight excluding hydrogens is 351 g/mol. The summed E-state index contributed by atoms with van der Waals surface area (Å²) in [4.78, 5) is 16.5. The molecule has 2 aliphatic rings. The fraction of sp³-hybridized carbons (Fsp3) is 0.647. The van der Waals surface area contributed by atoms with Crippen LogP contribution in [0.25, 0.3) is 0 Å². The number of hydrazine groups is 1. The summed E-state index contributed by atoms with van der Waals surface area (Å²) in [7, 11) is 0. The van der Waals surface area contributed by atoms with Gasteiger partial charge in [-0.1, -0.05) is 0 Å². The van der Waals surface area contributed by atoms with Gasteiger partial charge in [0, 0.05) is 24.8 Å². The highest BCUT2D eigenvalue weighted by molar-refractivity contribution is 5.93. The number of alkyl halides is 3. The Morgan fingerprint density at radius 3 is 2.58 bits per heavy atom. The zero-order valence-electron chi connectivity index (χ0n) is 14.7. The molecule has 1 N–H and O–H groups in total. The third kappa shape index (κ3) is 5.07. The molecule has 26 heavy (non-hydrogen) atoms. The van der Waals surface area contributed by atoms with E-state index in [1.807, 2.05) is 13.8 Å². The molecule has 1 aliphatic carbocycles. The van der Waals surface area contributed by atoms with E-state index in [2.05, 4.69) is 10.4 Å². The topological polar surface area (TPSA) is 63.7 Å². The summed E-state index contributed by atoms with van der Waals surface area (Å²) in [5.74, 6) is -0.292. The number of amides is 1. The maximum atomic E-state index is 12.5. The number of hydrogen-bond donors (Lipinski definition) is 1. The van der Waals surface area contributed by atoms with Crippen LogP contribution in [0.1, 0.15) is 48.5 Å². The Labute approximate surface area is 149 Å². The third-order valence-corrected chi connectivity index (χ3v) is 4.21. The molecule has 144 valence electrons. The second kappa shape index (κ2) is 7.40. The molecule has 1 amide bonds. The fourth-order valence-corrected chi connectivity index (χ4v) is 3.03. The van der Waals surface area contributed by atoms with Crippen LogP contribution in [-0.4, -0.2) is 54.0 Å². The lowest BCUT2D eigenvalue weighted by Crippen LogP contribution is -2.53. The Morgan fingerprint density at radius 2 is 2.00 bits per heavy atom. The van der Waals surface area contributed by atoms with Crippen molar-refractivity contribution >= 4 is 5.91 Å². The van der Waals surface area contributed by atoms with Gasteiger partial charge in [-0.3, -0.25) is 10.2 Å². The van der Waals surface area contributed by atoms with Crippen molar-refractivity contribution in [2.24, 2.45) is 0 Å². The first-order valence-corrected chi connectivity index (χ1v) is 8.62. The summed E-state index contributed by atoms with van der Waals surface area (Å²) < 4.78 is 47.6. The van der Waals surface area contributed by atoms with Crippen LogP contribution in [-0.2, 0) is 4.74 Å². The van der Waals surface area contributed by atoms with Crippen LogP contribution in [0.4, 0.5) is 13.2 Å². The number of nitrogens with one attached hydrogen (secondary N) is 1. The summed E-state index contributed by atoms with van der Waals surface area (Å²) in [5.41, 5.74) is 3.68. The summed E-state index contributed by atoms with van der Waals surface area (Å²) in [6.45, 7) is 3.58. The van der Waals surface area contributed by atoms with Gasteiger partial charge in [0.1, 0.15) is 0 Å². The van der Waals surface area contributed by atoms with Gasteiger partial charge in [0.2, 0.25) is 5.88 Å². The van der Waals surface area contributed by atoms with Crippen LogP contribution < -0.4 is 10.2 Å². The maximum Gasteiger partial charge on any atom is 0.422 e. The summed E-state index contributed by atoms with van der Waals surface area (Å²) in [5, 5.41) is 1.78. The Kier molecular flexibility index (Phi) is 5.38. The molecule has 2 unspecified atom stereocenters. The average Bonchev–Trinajstić information content (AvgIpc) is 3.35.